The van der Waals surface area contributed by atoms with E-state index in [1.807, 2.05) is 25.1 Å². The number of nitrogens with one attached hydrogen (secondary N) is 1. The highest BCUT2D eigenvalue weighted by molar-refractivity contribution is 7.89. The molecule has 178 valence electrons. The van der Waals surface area contributed by atoms with Gasteiger partial charge in [-0.3, -0.25) is 4.79 Å². The molecule has 1 aliphatic rings. The Bertz CT molecular complexity index is 1070. The number of sulfonamides is 1. The summed E-state index contributed by atoms with van der Waals surface area (Å²) in [6.45, 7) is 8.87. The largest absolute Gasteiger partial charge is 0.336 e. The van der Waals surface area contributed by atoms with E-state index in [0.717, 1.165) is 6.42 Å². The average molecular weight is 472 g/mol. The maximum absolute atomic E-state index is 12.9. The maximum atomic E-state index is 12.9. The van der Waals surface area contributed by atoms with Gasteiger partial charge in [-0.25, -0.2) is 13.2 Å². The first-order valence-electron chi connectivity index (χ1n) is 11.2. The summed E-state index contributed by atoms with van der Waals surface area (Å²) in [6.07, 6.45) is 0.785. The predicted octanol–water partition coefficient (Wildman–Crippen LogP) is 3.66. The van der Waals surface area contributed by atoms with Crippen LogP contribution in [0.25, 0.3) is 0 Å². The minimum Gasteiger partial charge on any atom is -0.336 e. The van der Waals surface area contributed by atoms with Gasteiger partial charge < -0.3 is 10.2 Å². The highest BCUT2D eigenvalue weighted by Gasteiger charge is 2.31. The molecule has 1 atom stereocenters. The van der Waals surface area contributed by atoms with E-state index < -0.39 is 10.0 Å². The monoisotopic (exact) mass is 471 g/mol. The zero-order valence-electron chi connectivity index (χ0n) is 19.7. The van der Waals surface area contributed by atoms with Crippen molar-refractivity contribution >= 4 is 21.8 Å². The van der Waals surface area contributed by atoms with E-state index in [9.17, 15) is 18.0 Å². The molecule has 2 amide bonds. The van der Waals surface area contributed by atoms with Gasteiger partial charge in [0.1, 0.15) is 0 Å². The lowest BCUT2D eigenvalue weighted by atomic mass is 9.79. The van der Waals surface area contributed by atoms with Crippen LogP contribution in [0.1, 0.15) is 50.0 Å². The molecule has 0 saturated carbocycles. The Morgan fingerprint density at radius 3 is 2.09 bits per heavy atom. The fourth-order valence-corrected chi connectivity index (χ4v) is 5.69. The smallest absolute Gasteiger partial charge is 0.317 e. The quantitative estimate of drug-likeness (QED) is 0.625. The molecular weight excluding hydrogens is 438 g/mol. The fraction of sp³-hybridized carbons (Fsp3) is 0.440. The highest BCUT2D eigenvalue weighted by Crippen LogP contribution is 2.28. The average Bonchev–Trinajstić information content (AvgIpc) is 2.79. The van der Waals surface area contributed by atoms with Crippen molar-refractivity contribution < 1.29 is 18.0 Å². The number of carbonyl (C=O) groups excluding carboxylic acids is 2. The summed E-state index contributed by atoms with van der Waals surface area (Å²) >= 11 is 0. The molecule has 0 spiro atoms. The maximum Gasteiger partial charge on any atom is 0.317 e. The standard InChI is InChI=1S/C25H33N3O4S/c1-19(18-25(3,4)22-8-6-5-7-9-22)26-24(30)27-14-16-28(17-15-27)33(31,32)23-12-10-21(11-13-23)20(2)29/h5-13,19H,14-18H2,1-4H3,(H,26,30). The zero-order valence-corrected chi connectivity index (χ0v) is 20.6. The van der Waals surface area contributed by atoms with Crippen molar-refractivity contribution in [1.29, 1.82) is 0 Å². The Labute approximate surface area is 196 Å². The lowest BCUT2D eigenvalue weighted by molar-refractivity contribution is 0.101. The van der Waals surface area contributed by atoms with Gasteiger partial charge in [0.25, 0.3) is 0 Å². The normalized spacial score (nSPS) is 16.3. The summed E-state index contributed by atoms with van der Waals surface area (Å²) in [5.41, 5.74) is 1.61. The molecule has 1 N–H and O–H groups in total. The van der Waals surface area contributed by atoms with Gasteiger partial charge in [0.15, 0.2) is 5.78 Å². The molecule has 8 heteroatoms. The van der Waals surface area contributed by atoms with Crippen molar-refractivity contribution in [2.45, 2.75) is 50.5 Å². The molecule has 0 radical (unpaired) electrons. The number of ketones is 1. The van der Waals surface area contributed by atoms with Crippen LogP contribution in [0.5, 0.6) is 0 Å². The van der Waals surface area contributed by atoms with Gasteiger partial charge in [0.05, 0.1) is 4.90 Å². The van der Waals surface area contributed by atoms with Crippen molar-refractivity contribution in [2.24, 2.45) is 0 Å². The number of nitrogens with zero attached hydrogens (tertiary/aromatic N) is 2. The predicted molar refractivity (Wildman–Crippen MR) is 129 cm³/mol. The van der Waals surface area contributed by atoms with E-state index >= 15 is 0 Å². The molecular formula is C25H33N3O4S. The molecule has 1 fully saturated rings. The summed E-state index contributed by atoms with van der Waals surface area (Å²) in [4.78, 5) is 26.0. The molecule has 0 aromatic heterocycles. The third-order valence-corrected chi connectivity index (χ3v) is 8.08. The second-order valence-corrected chi connectivity index (χ2v) is 11.2. The van der Waals surface area contributed by atoms with Gasteiger partial charge >= 0.3 is 6.03 Å². The van der Waals surface area contributed by atoms with Gasteiger partial charge in [-0.05, 0) is 43.4 Å². The van der Waals surface area contributed by atoms with Gasteiger partial charge in [0.2, 0.25) is 10.0 Å². The van der Waals surface area contributed by atoms with Crippen molar-refractivity contribution in [3.05, 3.63) is 65.7 Å². The number of piperazine rings is 1. The first-order chi connectivity index (χ1) is 15.5. The van der Waals surface area contributed by atoms with Gasteiger partial charge in [-0.15, -0.1) is 0 Å². The molecule has 33 heavy (non-hydrogen) atoms. The SMILES string of the molecule is CC(=O)c1ccc(S(=O)(=O)N2CCN(C(=O)NC(C)CC(C)(C)c3ccccc3)CC2)cc1. The Balaban J connectivity index is 1.54. The Morgan fingerprint density at radius 2 is 1.55 bits per heavy atom. The number of Topliss-reactive ketones (excluding diaryl/α,β-unsaturated/α-hetero) is 1. The molecule has 7 nitrogen and oxygen atoms in total. The molecule has 1 aliphatic heterocycles. The van der Waals surface area contributed by atoms with E-state index in [2.05, 4.69) is 31.3 Å². The number of hydrogen-bond acceptors (Lipinski definition) is 4. The minimum atomic E-state index is -3.67. The van der Waals surface area contributed by atoms with Crippen LogP contribution >= 0.6 is 0 Å². The number of urea groups is 1. The number of rotatable bonds is 7. The number of benzene rings is 2. The van der Waals surface area contributed by atoms with Crippen molar-refractivity contribution in [1.82, 2.24) is 14.5 Å². The van der Waals surface area contributed by atoms with Crippen molar-refractivity contribution in [3.63, 3.8) is 0 Å². The first-order valence-corrected chi connectivity index (χ1v) is 12.7. The Hall–Kier alpha value is -2.71. The third-order valence-electron chi connectivity index (χ3n) is 6.17. The van der Waals surface area contributed by atoms with E-state index in [1.54, 1.807) is 4.90 Å². The van der Waals surface area contributed by atoms with Crippen LogP contribution in [0.3, 0.4) is 0 Å². The number of hydrogen-bond donors (Lipinski definition) is 1. The van der Waals surface area contributed by atoms with Crippen LogP contribution in [0.2, 0.25) is 0 Å². The summed E-state index contributed by atoms with van der Waals surface area (Å²) in [7, 11) is -3.67. The zero-order chi connectivity index (χ0) is 24.2. The fourth-order valence-electron chi connectivity index (χ4n) is 4.27. The molecule has 2 aromatic carbocycles. The second-order valence-electron chi connectivity index (χ2n) is 9.28. The molecule has 1 heterocycles. The molecule has 2 aromatic rings. The lowest BCUT2D eigenvalue weighted by Gasteiger charge is -2.35. The van der Waals surface area contributed by atoms with Gasteiger partial charge in [-0.1, -0.05) is 56.3 Å². The van der Waals surface area contributed by atoms with Gasteiger partial charge in [0, 0.05) is 37.8 Å². The topological polar surface area (TPSA) is 86.8 Å². The molecule has 1 saturated heterocycles. The molecule has 0 aliphatic carbocycles. The Kier molecular flexibility index (Phi) is 7.59. The molecule has 3 rings (SSSR count). The van der Waals surface area contributed by atoms with Crippen molar-refractivity contribution in [2.75, 3.05) is 26.2 Å². The van der Waals surface area contributed by atoms with Gasteiger partial charge in [-0.2, -0.15) is 4.31 Å². The van der Waals surface area contributed by atoms with E-state index in [1.165, 1.54) is 41.1 Å². The number of carbonyl (C=O) groups is 2. The van der Waals surface area contributed by atoms with E-state index in [4.69, 9.17) is 0 Å². The highest BCUT2D eigenvalue weighted by atomic mass is 32.2. The lowest BCUT2D eigenvalue weighted by Crippen LogP contribution is -2.54. The summed E-state index contributed by atoms with van der Waals surface area (Å²) < 4.78 is 27.3. The van der Waals surface area contributed by atoms with Crippen LogP contribution in [0, 0.1) is 0 Å². The van der Waals surface area contributed by atoms with Crippen LogP contribution in [-0.4, -0.2) is 61.7 Å². The van der Waals surface area contributed by atoms with Crippen LogP contribution < -0.4 is 5.32 Å². The van der Waals surface area contributed by atoms with E-state index in [0.29, 0.717) is 18.7 Å². The second kappa shape index (κ2) is 10.1. The summed E-state index contributed by atoms with van der Waals surface area (Å²) in [5.74, 6) is -0.111. The summed E-state index contributed by atoms with van der Waals surface area (Å²) in [6, 6.07) is 16.0. The van der Waals surface area contributed by atoms with Crippen LogP contribution in [0.15, 0.2) is 59.5 Å². The third kappa shape index (κ3) is 6.00. The van der Waals surface area contributed by atoms with Crippen LogP contribution in [0.4, 0.5) is 4.79 Å². The molecule has 0 bridgehead atoms. The molecule has 1 unspecified atom stereocenters. The van der Waals surface area contributed by atoms with Crippen molar-refractivity contribution in [3.8, 4) is 0 Å². The van der Waals surface area contributed by atoms with Crippen LogP contribution in [-0.2, 0) is 15.4 Å². The van der Waals surface area contributed by atoms with E-state index in [-0.39, 0.29) is 41.3 Å². The number of amides is 2. The first kappa shape index (κ1) is 24.9. The minimum absolute atomic E-state index is 0.0331. The Morgan fingerprint density at radius 1 is 0.970 bits per heavy atom. The summed E-state index contributed by atoms with van der Waals surface area (Å²) in [5, 5.41) is 3.06.